The number of carbonyl (C=O) groups excluding carboxylic acids is 1. The highest BCUT2D eigenvalue weighted by Gasteiger charge is 2.24. The zero-order chi connectivity index (χ0) is 25.4. The Labute approximate surface area is 209 Å². The highest BCUT2D eigenvalue weighted by Crippen LogP contribution is 2.35. The highest BCUT2D eigenvalue weighted by molar-refractivity contribution is 5.97. The number of nitrogens with two attached hydrogens (primary N) is 1. The van der Waals surface area contributed by atoms with E-state index in [1.54, 1.807) is 30.3 Å². The van der Waals surface area contributed by atoms with E-state index in [2.05, 4.69) is 29.0 Å². The van der Waals surface area contributed by atoms with Gasteiger partial charge in [0.2, 0.25) is 5.95 Å². The standard InChI is InChI=1S/C28H30F2N4O2/c1-16(2)34-11-8-20(9-12-34)36-25-6-4-18(14-24(25)29)22-15-23(27(31)33-26(22)30)17-3-5-21-19(13-17)7-10-32-28(21)35/h3-6,13-16,20H,7-12H2,1-2H3,(H2,31,33)(H,32,35). The van der Waals surface area contributed by atoms with E-state index < -0.39 is 11.8 Å². The first-order valence-corrected chi connectivity index (χ1v) is 12.4. The third kappa shape index (κ3) is 4.78. The number of halogens is 2. The van der Waals surface area contributed by atoms with Gasteiger partial charge in [-0.15, -0.1) is 0 Å². The first-order valence-electron chi connectivity index (χ1n) is 12.4. The van der Waals surface area contributed by atoms with Crippen LogP contribution in [0.3, 0.4) is 0 Å². The molecule has 0 bridgehead atoms. The lowest BCUT2D eigenvalue weighted by Gasteiger charge is -2.34. The summed E-state index contributed by atoms with van der Waals surface area (Å²) in [5, 5.41) is 2.82. The lowest BCUT2D eigenvalue weighted by Crippen LogP contribution is -2.41. The van der Waals surface area contributed by atoms with Crippen LogP contribution in [0.1, 0.15) is 42.6 Å². The number of nitrogens with one attached hydrogen (secondary N) is 1. The Hall–Kier alpha value is -3.52. The summed E-state index contributed by atoms with van der Waals surface area (Å²) in [5.74, 6) is -1.24. The van der Waals surface area contributed by atoms with Crippen molar-refractivity contribution >= 4 is 11.7 Å². The monoisotopic (exact) mass is 492 g/mol. The largest absolute Gasteiger partial charge is 0.487 e. The fourth-order valence-electron chi connectivity index (χ4n) is 4.99. The van der Waals surface area contributed by atoms with Crippen LogP contribution in [0, 0.1) is 11.8 Å². The maximum absolute atomic E-state index is 15.0. The van der Waals surface area contributed by atoms with Crippen molar-refractivity contribution in [3.05, 3.63) is 65.4 Å². The summed E-state index contributed by atoms with van der Waals surface area (Å²) in [6, 6.07) is 11.9. The molecule has 2 aromatic carbocycles. The van der Waals surface area contributed by atoms with Crippen LogP contribution in [0.4, 0.5) is 14.6 Å². The van der Waals surface area contributed by atoms with Gasteiger partial charge in [0.1, 0.15) is 11.9 Å². The van der Waals surface area contributed by atoms with Crippen molar-refractivity contribution in [1.82, 2.24) is 15.2 Å². The van der Waals surface area contributed by atoms with Gasteiger partial charge in [-0.3, -0.25) is 4.79 Å². The number of rotatable bonds is 5. The fraction of sp³-hybridized carbons (Fsp3) is 0.357. The Morgan fingerprint density at radius 1 is 1.03 bits per heavy atom. The zero-order valence-corrected chi connectivity index (χ0v) is 20.5. The van der Waals surface area contributed by atoms with Crippen molar-refractivity contribution in [1.29, 1.82) is 0 Å². The molecular formula is C28H30F2N4O2. The first-order chi connectivity index (χ1) is 17.3. The Balaban J connectivity index is 1.40. The molecule has 0 atom stereocenters. The molecule has 1 amide bonds. The average molecular weight is 493 g/mol. The summed E-state index contributed by atoms with van der Waals surface area (Å²) in [7, 11) is 0. The van der Waals surface area contributed by atoms with Crippen molar-refractivity contribution in [3.8, 4) is 28.0 Å². The number of fused-ring (bicyclic) bond motifs is 1. The van der Waals surface area contributed by atoms with Crippen LogP contribution in [-0.2, 0) is 6.42 Å². The van der Waals surface area contributed by atoms with Gasteiger partial charge in [-0.25, -0.2) is 9.37 Å². The van der Waals surface area contributed by atoms with Crippen molar-refractivity contribution < 1.29 is 18.3 Å². The van der Waals surface area contributed by atoms with Gasteiger partial charge in [0, 0.05) is 42.4 Å². The molecule has 2 aliphatic heterocycles. The van der Waals surface area contributed by atoms with Crippen LogP contribution in [0.25, 0.3) is 22.3 Å². The van der Waals surface area contributed by atoms with E-state index in [4.69, 9.17) is 10.5 Å². The Morgan fingerprint density at radius 3 is 2.47 bits per heavy atom. The van der Waals surface area contributed by atoms with E-state index in [0.29, 0.717) is 35.7 Å². The lowest BCUT2D eigenvalue weighted by molar-refractivity contribution is 0.0816. The zero-order valence-electron chi connectivity index (χ0n) is 20.5. The molecule has 3 heterocycles. The molecule has 0 aliphatic carbocycles. The summed E-state index contributed by atoms with van der Waals surface area (Å²) < 4.78 is 35.8. The molecule has 3 aromatic rings. The smallest absolute Gasteiger partial charge is 0.251 e. The predicted molar refractivity (Wildman–Crippen MR) is 136 cm³/mol. The number of aromatic nitrogens is 1. The number of amides is 1. The predicted octanol–water partition coefficient (Wildman–Crippen LogP) is 4.81. The van der Waals surface area contributed by atoms with Crippen molar-refractivity contribution in [2.45, 2.75) is 45.3 Å². The van der Waals surface area contributed by atoms with E-state index in [0.717, 1.165) is 37.1 Å². The van der Waals surface area contributed by atoms with Crippen LogP contribution < -0.4 is 15.8 Å². The van der Waals surface area contributed by atoms with Gasteiger partial charge in [-0.2, -0.15) is 4.39 Å². The van der Waals surface area contributed by atoms with Crippen molar-refractivity contribution in [2.75, 3.05) is 25.4 Å². The maximum Gasteiger partial charge on any atom is 0.251 e. The molecule has 3 N–H and O–H groups in total. The van der Waals surface area contributed by atoms with Crippen molar-refractivity contribution in [2.24, 2.45) is 0 Å². The Bertz CT molecular complexity index is 1300. The number of anilines is 1. The number of nitrogen functional groups attached to an aromatic ring is 1. The minimum Gasteiger partial charge on any atom is -0.487 e. The van der Waals surface area contributed by atoms with Crippen LogP contribution in [0.15, 0.2) is 42.5 Å². The summed E-state index contributed by atoms with van der Waals surface area (Å²) in [6.07, 6.45) is 2.32. The molecule has 188 valence electrons. The summed E-state index contributed by atoms with van der Waals surface area (Å²) in [6.45, 7) is 6.73. The quantitative estimate of drug-likeness (QED) is 0.500. The first kappa shape index (κ1) is 24.2. The number of benzene rings is 2. The van der Waals surface area contributed by atoms with Gasteiger partial charge in [0.05, 0.1) is 0 Å². The Kier molecular flexibility index (Phi) is 6.62. The van der Waals surface area contributed by atoms with Crippen LogP contribution >= 0.6 is 0 Å². The van der Waals surface area contributed by atoms with E-state index in [1.807, 2.05) is 6.07 Å². The Morgan fingerprint density at radius 2 is 1.75 bits per heavy atom. The van der Waals surface area contributed by atoms with Crippen LogP contribution in [0.2, 0.25) is 0 Å². The molecule has 1 saturated heterocycles. The third-order valence-electron chi connectivity index (χ3n) is 7.09. The molecule has 6 nitrogen and oxygen atoms in total. The fourth-order valence-corrected chi connectivity index (χ4v) is 4.99. The molecule has 0 saturated carbocycles. The maximum atomic E-state index is 15.0. The number of nitrogens with zero attached hydrogens (tertiary/aromatic N) is 2. The van der Waals surface area contributed by atoms with Gasteiger partial charge < -0.3 is 20.7 Å². The number of carbonyl (C=O) groups is 1. The molecule has 2 aliphatic rings. The lowest BCUT2D eigenvalue weighted by atomic mass is 9.94. The van der Waals surface area contributed by atoms with Gasteiger partial charge in [0.15, 0.2) is 11.6 Å². The molecule has 1 aromatic heterocycles. The number of piperidine rings is 1. The summed E-state index contributed by atoms with van der Waals surface area (Å²) in [4.78, 5) is 18.3. The molecule has 1 fully saturated rings. The van der Waals surface area contributed by atoms with E-state index in [1.165, 1.54) is 6.07 Å². The number of likely N-dealkylation sites (tertiary alicyclic amines) is 1. The molecule has 0 unspecified atom stereocenters. The van der Waals surface area contributed by atoms with Gasteiger partial charge in [-0.1, -0.05) is 18.2 Å². The van der Waals surface area contributed by atoms with Gasteiger partial charge in [-0.05, 0) is 74.1 Å². The van der Waals surface area contributed by atoms with Crippen LogP contribution in [0.5, 0.6) is 5.75 Å². The van der Waals surface area contributed by atoms with E-state index >= 15 is 4.39 Å². The normalized spacial score (nSPS) is 16.6. The average Bonchev–Trinajstić information content (AvgIpc) is 2.86. The molecule has 5 rings (SSSR count). The number of pyridine rings is 1. The second kappa shape index (κ2) is 9.85. The molecular weight excluding hydrogens is 462 g/mol. The topological polar surface area (TPSA) is 80.5 Å². The van der Waals surface area contributed by atoms with Crippen molar-refractivity contribution in [3.63, 3.8) is 0 Å². The SMILES string of the molecule is CC(C)N1CCC(Oc2ccc(-c3cc(-c4ccc5c(c4)CCNC5=O)c(N)nc3F)cc2F)CC1. The minimum absolute atomic E-state index is 0.0321. The van der Waals surface area contributed by atoms with E-state index in [9.17, 15) is 9.18 Å². The number of ether oxygens (including phenoxy) is 1. The molecule has 8 heteroatoms. The second-order valence-corrected chi connectivity index (χ2v) is 9.73. The molecule has 36 heavy (non-hydrogen) atoms. The van der Waals surface area contributed by atoms with Gasteiger partial charge in [0.25, 0.3) is 5.91 Å². The second-order valence-electron chi connectivity index (χ2n) is 9.73. The van der Waals surface area contributed by atoms with Gasteiger partial charge >= 0.3 is 0 Å². The number of hydrogen-bond acceptors (Lipinski definition) is 5. The van der Waals surface area contributed by atoms with Crippen LogP contribution in [-0.4, -0.2) is 47.6 Å². The molecule has 0 spiro atoms. The summed E-state index contributed by atoms with van der Waals surface area (Å²) in [5.41, 5.74) is 9.32. The minimum atomic E-state index is -0.775. The molecule has 0 radical (unpaired) electrons. The number of hydrogen-bond donors (Lipinski definition) is 2. The third-order valence-corrected chi connectivity index (χ3v) is 7.09. The summed E-state index contributed by atoms with van der Waals surface area (Å²) >= 11 is 0. The van der Waals surface area contributed by atoms with E-state index in [-0.39, 0.29) is 29.1 Å². The highest BCUT2D eigenvalue weighted by atomic mass is 19.1.